The summed E-state index contributed by atoms with van der Waals surface area (Å²) in [4.78, 5) is 4.49. The molecule has 0 spiro atoms. The first-order valence-corrected chi connectivity index (χ1v) is 6.70. The van der Waals surface area contributed by atoms with E-state index in [-0.39, 0.29) is 12.6 Å². The standard InChI is InChI=1S/C15H21N3O/c1-12-8-17(2)15(11-19)10-18(9-12)14-5-3-4-13(6-14)7-16/h3-6,12,15,19H,8-11H2,1-2H3. The highest BCUT2D eigenvalue weighted by molar-refractivity contribution is 5.51. The number of nitriles is 1. The van der Waals surface area contributed by atoms with Crippen molar-refractivity contribution in [3.63, 3.8) is 0 Å². The van der Waals surface area contributed by atoms with E-state index in [1.165, 1.54) is 0 Å². The lowest BCUT2D eigenvalue weighted by atomic mass is 10.1. The smallest absolute Gasteiger partial charge is 0.0992 e. The van der Waals surface area contributed by atoms with E-state index in [0.29, 0.717) is 11.5 Å². The van der Waals surface area contributed by atoms with Gasteiger partial charge < -0.3 is 10.0 Å². The van der Waals surface area contributed by atoms with Crippen molar-refractivity contribution >= 4 is 5.69 Å². The molecule has 4 nitrogen and oxygen atoms in total. The Morgan fingerprint density at radius 2 is 2.16 bits per heavy atom. The maximum absolute atomic E-state index is 9.52. The zero-order valence-corrected chi connectivity index (χ0v) is 11.6. The maximum Gasteiger partial charge on any atom is 0.0992 e. The Morgan fingerprint density at radius 3 is 2.84 bits per heavy atom. The molecule has 1 N–H and O–H groups in total. The minimum Gasteiger partial charge on any atom is -0.395 e. The summed E-state index contributed by atoms with van der Waals surface area (Å²) < 4.78 is 0. The fraction of sp³-hybridized carbons (Fsp3) is 0.533. The molecule has 19 heavy (non-hydrogen) atoms. The van der Waals surface area contributed by atoms with Crippen LogP contribution in [0.5, 0.6) is 0 Å². The quantitative estimate of drug-likeness (QED) is 0.870. The number of likely N-dealkylation sites (N-methyl/N-ethyl adjacent to an activating group) is 1. The van der Waals surface area contributed by atoms with Crippen molar-refractivity contribution in [3.05, 3.63) is 29.8 Å². The first kappa shape index (κ1) is 13.9. The summed E-state index contributed by atoms with van der Waals surface area (Å²) in [6.07, 6.45) is 0. The first-order valence-electron chi connectivity index (χ1n) is 6.70. The molecule has 1 aliphatic heterocycles. The Hall–Kier alpha value is -1.57. The number of anilines is 1. The summed E-state index contributed by atoms with van der Waals surface area (Å²) >= 11 is 0. The third kappa shape index (κ3) is 3.25. The monoisotopic (exact) mass is 259 g/mol. The Bertz CT molecular complexity index is 469. The van der Waals surface area contributed by atoms with Crippen LogP contribution < -0.4 is 4.90 Å². The number of aliphatic hydroxyl groups is 1. The van der Waals surface area contributed by atoms with Crippen LogP contribution in [0.15, 0.2) is 24.3 Å². The van der Waals surface area contributed by atoms with Gasteiger partial charge in [0.1, 0.15) is 0 Å². The lowest BCUT2D eigenvalue weighted by molar-refractivity contribution is 0.151. The van der Waals surface area contributed by atoms with Gasteiger partial charge in [-0.15, -0.1) is 0 Å². The predicted molar refractivity (Wildman–Crippen MR) is 76.0 cm³/mol. The van der Waals surface area contributed by atoms with Crippen LogP contribution in [0, 0.1) is 17.2 Å². The molecule has 2 unspecified atom stereocenters. The molecule has 1 heterocycles. The normalized spacial score (nSPS) is 24.8. The highest BCUT2D eigenvalue weighted by atomic mass is 16.3. The lowest BCUT2D eigenvalue weighted by Gasteiger charge is -2.28. The average molecular weight is 259 g/mol. The molecule has 0 radical (unpaired) electrons. The third-order valence-corrected chi connectivity index (χ3v) is 3.74. The van der Waals surface area contributed by atoms with E-state index in [0.717, 1.165) is 25.3 Å². The van der Waals surface area contributed by atoms with E-state index < -0.39 is 0 Å². The van der Waals surface area contributed by atoms with Gasteiger partial charge in [0.15, 0.2) is 0 Å². The molecular weight excluding hydrogens is 238 g/mol. The molecule has 1 aromatic carbocycles. The second-order valence-corrected chi connectivity index (χ2v) is 5.45. The molecule has 0 aromatic heterocycles. The Balaban J connectivity index is 2.24. The number of benzene rings is 1. The van der Waals surface area contributed by atoms with Crippen LogP contribution in [0.1, 0.15) is 12.5 Å². The zero-order valence-electron chi connectivity index (χ0n) is 11.6. The van der Waals surface area contributed by atoms with E-state index in [1.54, 1.807) is 0 Å². The van der Waals surface area contributed by atoms with Crippen LogP contribution in [-0.4, -0.2) is 49.3 Å². The maximum atomic E-state index is 9.52. The van der Waals surface area contributed by atoms with Gasteiger partial charge in [0, 0.05) is 31.4 Å². The van der Waals surface area contributed by atoms with E-state index in [9.17, 15) is 5.11 Å². The van der Waals surface area contributed by atoms with Crippen LogP contribution >= 0.6 is 0 Å². The SMILES string of the molecule is CC1CN(c2cccc(C#N)c2)CC(CO)N(C)C1. The topological polar surface area (TPSA) is 50.5 Å². The minimum absolute atomic E-state index is 0.149. The summed E-state index contributed by atoms with van der Waals surface area (Å²) in [6, 6.07) is 10.0. The molecule has 0 aliphatic carbocycles. The average Bonchev–Trinajstić information content (AvgIpc) is 2.56. The molecule has 0 bridgehead atoms. The van der Waals surface area contributed by atoms with E-state index >= 15 is 0 Å². The minimum atomic E-state index is 0.149. The molecule has 1 aromatic rings. The van der Waals surface area contributed by atoms with Gasteiger partial charge in [-0.1, -0.05) is 13.0 Å². The van der Waals surface area contributed by atoms with Gasteiger partial charge in [0.2, 0.25) is 0 Å². The van der Waals surface area contributed by atoms with Crippen molar-refractivity contribution in [2.45, 2.75) is 13.0 Å². The van der Waals surface area contributed by atoms with Crippen molar-refractivity contribution in [1.29, 1.82) is 5.26 Å². The summed E-state index contributed by atoms with van der Waals surface area (Å²) in [5, 5.41) is 18.5. The number of aliphatic hydroxyl groups excluding tert-OH is 1. The van der Waals surface area contributed by atoms with Gasteiger partial charge in [0.05, 0.1) is 18.2 Å². The van der Waals surface area contributed by atoms with Gasteiger partial charge in [0.25, 0.3) is 0 Å². The number of nitrogens with zero attached hydrogens (tertiary/aromatic N) is 3. The lowest BCUT2D eigenvalue weighted by Crippen LogP contribution is -2.41. The molecule has 4 heteroatoms. The van der Waals surface area contributed by atoms with Gasteiger partial charge in [-0.25, -0.2) is 0 Å². The Kier molecular flexibility index (Phi) is 4.41. The highest BCUT2D eigenvalue weighted by Gasteiger charge is 2.25. The molecule has 102 valence electrons. The fourth-order valence-corrected chi connectivity index (χ4v) is 2.72. The van der Waals surface area contributed by atoms with Crippen LogP contribution in [0.25, 0.3) is 0 Å². The molecular formula is C15H21N3O. The molecule has 1 fully saturated rings. The van der Waals surface area contributed by atoms with Gasteiger partial charge in [-0.2, -0.15) is 5.26 Å². The summed E-state index contributed by atoms with van der Waals surface area (Å²) in [7, 11) is 2.06. The van der Waals surface area contributed by atoms with Crippen LogP contribution in [0.2, 0.25) is 0 Å². The summed E-state index contributed by atoms with van der Waals surface area (Å²) in [5.41, 5.74) is 1.75. The van der Waals surface area contributed by atoms with Crippen LogP contribution in [-0.2, 0) is 0 Å². The second-order valence-electron chi connectivity index (χ2n) is 5.45. The summed E-state index contributed by atoms with van der Waals surface area (Å²) in [5.74, 6) is 0.535. The molecule has 1 saturated heterocycles. The van der Waals surface area contributed by atoms with Crippen LogP contribution in [0.3, 0.4) is 0 Å². The second kappa shape index (κ2) is 6.05. The Labute approximate surface area is 114 Å². The van der Waals surface area contributed by atoms with Gasteiger partial charge in [-0.05, 0) is 31.2 Å². The van der Waals surface area contributed by atoms with Gasteiger partial charge >= 0.3 is 0 Å². The zero-order chi connectivity index (χ0) is 13.8. The molecule has 0 amide bonds. The Morgan fingerprint density at radius 1 is 1.37 bits per heavy atom. The van der Waals surface area contributed by atoms with Crippen molar-refractivity contribution in [2.75, 3.05) is 38.2 Å². The number of rotatable bonds is 2. The molecule has 1 aliphatic rings. The van der Waals surface area contributed by atoms with Crippen molar-refractivity contribution in [1.82, 2.24) is 4.90 Å². The first-order chi connectivity index (χ1) is 9.13. The van der Waals surface area contributed by atoms with Gasteiger partial charge in [-0.3, -0.25) is 4.90 Å². The van der Waals surface area contributed by atoms with E-state index in [2.05, 4.69) is 29.8 Å². The molecule has 2 atom stereocenters. The largest absolute Gasteiger partial charge is 0.395 e. The van der Waals surface area contributed by atoms with E-state index in [1.807, 2.05) is 24.3 Å². The molecule has 0 saturated carbocycles. The van der Waals surface area contributed by atoms with E-state index in [4.69, 9.17) is 5.26 Å². The molecule has 2 rings (SSSR count). The van der Waals surface area contributed by atoms with Crippen molar-refractivity contribution < 1.29 is 5.11 Å². The number of hydrogen-bond acceptors (Lipinski definition) is 4. The predicted octanol–water partition coefficient (Wildman–Crippen LogP) is 1.31. The van der Waals surface area contributed by atoms with Crippen molar-refractivity contribution in [2.24, 2.45) is 5.92 Å². The number of hydrogen-bond donors (Lipinski definition) is 1. The highest BCUT2D eigenvalue weighted by Crippen LogP contribution is 2.21. The fourth-order valence-electron chi connectivity index (χ4n) is 2.72. The van der Waals surface area contributed by atoms with Crippen molar-refractivity contribution in [3.8, 4) is 6.07 Å². The van der Waals surface area contributed by atoms with Crippen LogP contribution in [0.4, 0.5) is 5.69 Å². The summed E-state index contributed by atoms with van der Waals surface area (Å²) in [6.45, 7) is 5.12. The third-order valence-electron chi connectivity index (χ3n) is 3.74.